The molecular formula is C11H14NO4. The van der Waals surface area contributed by atoms with Gasteiger partial charge in [-0.25, -0.2) is 4.79 Å². The van der Waals surface area contributed by atoms with Gasteiger partial charge in [0, 0.05) is 18.4 Å². The Labute approximate surface area is 93.0 Å². The second-order valence-electron chi connectivity index (χ2n) is 3.39. The third-order valence-electron chi connectivity index (χ3n) is 2.16. The first kappa shape index (κ1) is 12.4. The number of hydrogen-bond donors (Lipinski definition) is 2. The monoisotopic (exact) mass is 224 g/mol. The van der Waals surface area contributed by atoms with Crippen LogP contribution in [0.3, 0.4) is 0 Å². The Hall–Kier alpha value is -1.62. The van der Waals surface area contributed by atoms with Gasteiger partial charge in [-0.05, 0) is 25.3 Å². The van der Waals surface area contributed by atoms with Crippen LogP contribution in [0.25, 0.3) is 0 Å². The second-order valence-corrected chi connectivity index (χ2v) is 3.39. The first-order valence-electron chi connectivity index (χ1n) is 5.04. The molecule has 0 aliphatic carbocycles. The van der Waals surface area contributed by atoms with Crippen LogP contribution in [0.2, 0.25) is 0 Å². The summed E-state index contributed by atoms with van der Waals surface area (Å²) in [6.07, 6.45) is 3.31. The maximum Gasteiger partial charge on any atom is 0.329 e. The van der Waals surface area contributed by atoms with Gasteiger partial charge in [0.2, 0.25) is 0 Å². The van der Waals surface area contributed by atoms with Crippen molar-refractivity contribution >= 4 is 5.97 Å². The number of carbonyl (C=O) groups is 1. The molecule has 0 aliphatic rings. The highest BCUT2D eigenvalue weighted by Gasteiger charge is 2.06. The molecule has 0 aliphatic heterocycles. The number of aryl methyl sites for hydroxylation is 1. The zero-order valence-electron chi connectivity index (χ0n) is 8.80. The van der Waals surface area contributed by atoms with E-state index in [9.17, 15) is 9.59 Å². The van der Waals surface area contributed by atoms with Crippen LogP contribution in [0.5, 0.6) is 0 Å². The lowest BCUT2D eigenvalue weighted by Gasteiger charge is -2.04. The predicted molar refractivity (Wildman–Crippen MR) is 58.1 cm³/mol. The Kier molecular flexibility index (Phi) is 4.72. The van der Waals surface area contributed by atoms with Crippen molar-refractivity contribution in [1.82, 2.24) is 4.57 Å². The van der Waals surface area contributed by atoms with Crippen molar-refractivity contribution in [3.05, 3.63) is 40.8 Å². The third-order valence-corrected chi connectivity index (χ3v) is 2.16. The molecule has 0 aromatic carbocycles. The Bertz CT molecular complexity index is 411. The number of rotatable bonds is 6. The van der Waals surface area contributed by atoms with Crippen LogP contribution in [0.1, 0.15) is 18.4 Å². The average molecular weight is 224 g/mol. The highest BCUT2D eigenvalue weighted by Crippen LogP contribution is 2.00. The zero-order valence-corrected chi connectivity index (χ0v) is 8.80. The quantitative estimate of drug-likeness (QED) is 0.679. The van der Waals surface area contributed by atoms with E-state index in [1.807, 2.05) is 0 Å². The lowest BCUT2D eigenvalue weighted by Crippen LogP contribution is -2.24. The normalized spacial score (nSPS) is 10.3. The molecule has 2 N–H and O–H groups in total. The van der Waals surface area contributed by atoms with Crippen LogP contribution in [-0.2, 0) is 11.2 Å². The van der Waals surface area contributed by atoms with Crippen molar-refractivity contribution in [2.75, 3.05) is 6.61 Å². The number of nitrogens with zero attached hydrogens (tertiary/aromatic N) is 1. The predicted octanol–water partition coefficient (Wildman–Crippen LogP) is 0.258. The molecule has 5 nitrogen and oxygen atoms in total. The Morgan fingerprint density at radius 2 is 2.19 bits per heavy atom. The van der Waals surface area contributed by atoms with E-state index in [0.29, 0.717) is 24.8 Å². The third kappa shape index (κ3) is 3.51. The summed E-state index contributed by atoms with van der Waals surface area (Å²) in [7, 11) is 0. The largest absolute Gasteiger partial charge is 0.480 e. The van der Waals surface area contributed by atoms with E-state index in [4.69, 9.17) is 10.2 Å². The van der Waals surface area contributed by atoms with Gasteiger partial charge in [-0.2, -0.15) is 0 Å². The van der Waals surface area contributed by atoms with Crippen molar-refractivity contribution in [2.45, 2.75) is 19.3 Å². The van der Waals surface area contributed by atoms with E-state index in [1.165, 1.54) is 6.20 Å². The molecule has 87 valence electrons. The number of carboxylic acid groups (broad SMARTS) is 1. The smallest absolute Gasteiger partial charge is 0.329 e. The maximum absolute atomic E-state index is 11.7. The van der Waals surface area contributed by atoms with Crippen LogP contribution >= 0.6 is 0 Å². The van der Waals surface area contributed by atoms with Gasteiger partial charge in [0.05, 0.1) is 0 Å². The molecule has 0 atom stereocenters. The van der Waals surface area contributed by atoms with Gasteiger partial charge in [0.25, 0.3) is 5.56 Å². The molecule has 0 fully saturated rings. The summed E-state index contributed by atoms with van der Waals surface area (Å²) in [4.78, 5) is 22.1. The SMILES string of the molecule is O=C(O)[CH]n1cccc(CCCCO)c1=O. The number of hydrogen-bond acceptors (Lipinski definition) is 3. The molecule has 0 saturated heterocycles. The number of aliphatic carboxylic acids is 1. The van der Waals surface area contributed by atoms with Crippen molar-refractivity contribution in [1.29, 1.82) is 0 Å². The van der Waals surface area contributed by atoms with Gasteiger partial charge < -0.3 is 10.2 Å². The summed E-state index contributed by atoms with van der Waals surface area (Å²) < 4.78 is 1.05. The minimum atomic E-state index is -1.16. The number of aliphatic hydroxyl groups is 1. The van der Waals surface area contributed by atoms with E-state index in [2.05, 4.69) is 0 Å². The van der Waals surface area contributed by atoms with Crippen molar-refractivity contribution < 1.29 is 15.0 Å². The fourth-order valence-electron chi connectivity index (χ4n) is 1.39. The van der Waals surface area contributed by atoms with E-state index < -0.39 is 5.97 Å². The van der Waals surface area contributed by atoms with Crippen LogP contribution in [-0.4, -0.2) is 27.4 Å². The Morgan fingerprint density at radius 3 is 2.81 bits per heavy atom. The molecule has 0 saturated carbocycles. The zero-order chi connectivity index (χ0) is 12.0. The van der Waals surface area contributed by atoms with Crippen LogP contribution in [0.4, 0.5) is 0 Å². The summed E-state index contributed by atoms with van der Waals surface area (Å²) >= 11 is 0. The molecule has 0 bridgehead atoms. The average Bonchev–Trinajstić information content (AvgIpc) is 2.23. The Balaban J connectivity index is 2.78. The standard InChI is InChI=1S/C11H14NO4/c13-7-2-1-4-9-5-3-6-12(11(9)16)8-10(14)15/h3,5-6,8,13H,1-2,4,7H2,(H,14,15). The number of aromatic nitrogens is 1. The lowest BCUT2D eigenvalue weighted by atomic mass is 10.1. The summed E-state index contributed by atoms with van der Waals surface area (Å²) in [5.74, 6) is -1.16. The van der Waals surface area contributed by atoms with E-state index >= 15 is 0 Å². The Morgan fingerprint density at radius 1 is 1.44 bits per heavy atom. The molecule has 1 aromatic heterocycles. The highest BCUT2D eigenvalue weighted by molar-refractivity contribution is 5.76. The molecule has 16 heavy (non-hydrogen) atoms. The second kappa shape index (κ2) is 6.07. The minimum Gasteiger partial charge on any atom is -0.480 e. The fraction of sp³-hybridized carbons (Fsp3) is 0.364. The van der Waals surface area contributed by atoms with Gasteiger partial charge in [0.15, 0.2) is 6.54 Å². The molecule has 1 radical (unpaired) electrons. The highest BCUT2D eigenvalue weighted by atomic mass is 16.4. The van der Waals surface area contributed by atoms with Crippen molar-refractivity contribution in [3.8, 4) is 0 Å². The number of aliphatic hydroxyl groups excluding tert-OH is 1. The summed E-state index contributed by atoms with van der Waals surface area (Å²) in [6, 6.07) is 3.31. The van der Waals surface area contributed by atoms with Crippen LogP contribution in [0.15, 0.2) is 23.1 Å². The van der Waals surface area contributed by atoms with Gasteiger partial charge in [-0.15, -0.1) is 0 Å². The van der Waals surface area contributed by atoms with Gasteiger partial charge in [-0.3, -0.25) is 9.36 Å². The van der Waals surface area contributed by atoms with Crippen LogP contribution < -0.4 is 5.56 Å². The number of carboxylic acids is 1. The first-order valence-corrected chi connectivity index (χ1v) is 5.04. The molecule has 0 amide bonds. The molecule has 1 aromatic rings. The minimum absolute atomic E-state index is 0.0995. The van der Waals surface area contributed by atoms with Gasteiger partial charge in [-0.1, -0.05) is 6.07 Å². The molecule has 0 spiro atoms. The van der Waals surface area contributed by atoms with Crippen LogP contribution in [0, 0.1) is 6.54 Å². The summed E-state index contributed by atoms with van der Waals surface area (Å²) in [5.41, 5.74) is 0.247. The van der Waals surface area contributed by atoms with E-state index in [0.717, 1.165) is 11.1 Å². The molecule has 1 rings (SSSR count). The topological polar surface area (TPSA) is 79.5 Å². The van der Waals surface area contributed by atoms with Gasteiger partial charge >= 0.3 is 5.97 Å². The summed E-state index contributed by atoms with van der Waals surface area (Å²) in [5, 5.41) is 17.2. The van der Waals surface area contributed by atoms with E-state index in [-0.39, 0.29) is 12.2 Å². The van der Waals surface area contributed by atoms with Crippen molar-refractivity contribution in [3.63, 3.8) is 0 Å². The summed E-state index contributed by atoms with van der Waals surface area (Å²) in [6.45, 7) is 0.931. The maximum atomic E-state index is 11.7. The number of pyridine rings is 1. The molecule has 1 heterocycles. The van der Waals surface area contributed by atoms with Gasteiger partial charge in [0.1, 0.15) is 0 Å². The molecular weight excluding hydrogens is 210 g/mol. The fourth-order valence-corrected chi connectivity index (χ4v) is 1.39. The first-order chi connectivity index (χ1) is 7.65. The molecule has 0 unspecified atom stereocenters. The molecule has 5 heteroatoms. The van der Waals surface area contributed by atoms with Crippen molar-refractivity contribution in [2.24, 2.45) is 0 Å². The lowest BCUT2D eigenvalue weighted by molar-refractivity contribution is -0.133. The van der Waals surface area contributed by atoms with E-state index in [1.54, 1.807) is 12.1 Å². The number of unbranched alkanes of at least 4 members (excludes halogenated alkanes) is 1.